The molecule has 0 bridgehead atoms. The fraction of sp³-hybridized carbons (Fsp3) is 0.409. The van der Waals surface area contributed by atoms with E-state index >= 15 is 0 Å². The van der Waals surface area contributed by atoms with Crippen molar-refractivity contribution in [3.8, 4) is 0 Å². The van der Waals surface area contributed by atoms with Gasteiger partial charge in [-0.1, -0.05) is 36.4 Å². The minimum absolute atomic E-state index is 0.142. The standard InChI is InChI=1S/C22H26FN3O/c1-17-14-18-6-3-5-9-21(18)26(17)22(27)16-25-12-10-24(11-13-25)15-19-7-2-4-8-20(19)23/h2-9,17H,10-16H2,1H3/t17-/m0/s1. The first-order valence-corrected chi connectivity index (χ1v) is 9.70. The van der Waals surface area contributed by atoms with Crippen molar-refractivity contribution in [2.75, 3.05) is 37.6 Å². The van der Waals surface area contributed by atoms with Crippen LogP contribution in [0.3, 0.4) is 0 Å². The molecule has 1 atom stereocenters. The van der Waals surface area contributed by atoms with E-state index < -0.39 is 0 Å². The summed E-state index contributed by atoms with van der Waals surface area (Å²) >= 11 is 0. The maximum atomic E-state index is 13.8. The lowest BCUT2D eigenvalue weighted by Gasteiger charge is -2.35. The Balaban J connectivity index is 1.32. The van der Waals surface area contributed by atoms with Crippen LogP contribution in [0.5, 0.6) is 0 Å². The summed E-state index contributed by atoms with van der Waals surface area (Å²) in [6.45, 7) is 6.58. The van der Waals surface area contributed by atoms with Crippen molar-refractivity contribution < 1.29 is 9.18 Å². The first-order chi connectivity index (χ1) is 13.1. The van der Waals surface area contributed by atoms with E-state index in [1.807, 2.05) is 35.2 Å². The molecule has 142 valence electrons. The predicted octanol–water partition coefficient (Wildman–Crippen LogP) is 2.92. The second kappa shape index (κ2) is 7.79. The third-order valence-electron chi connectivity index (χ3n) is 5.65. The van der Waals surface area contributed by atoms with Gasteiger partial charge in [0.05, 0.1) is 6.54 Å². The minimum Gasteiger partial charge on any atom is -0.308 e. The van der Waals surface area contributed by atoms with Gasteiger partial charge in [-0.15, -0.1) is 0 Å². The lowest BCUT2D eigenvalue weighted by atomic mass is 10.1. The number of piperazine rings is 1. The Labute approximate surface area is 160 Å². The van der Waals surface area contributed by atoms with Gasteiger partial charge in [0.15, 0.2) is 0 Å². The van der Waals surface area contributed by atoms with Crippen LogP contribution in [-0.2, 0) is 17.8 Å². The molecule has 0 aromatic heterocycles. The molecular weight excluding hydrogens is 341 g/mol. The normalized spacial score (nSPS) is 20.7. The van der Waals surface area contributed by atoms with Crippen LogP contribution in [0.1, 0.15) is 18.1 Å². The summed E-state index contributed by atoms with van der Waals surface area (Å²) in [6.07, 6.45) is 0.929. The monoisotopic (exact) mass is 367 g/mol. The van der Waals surface area contributed by atoms with Crippen molar-refractivity contribution in [3.05, 3.63) is 65.5 Å². The highest BCUT2D eigenvalue weighted by molar-refractivity contribution is 5.97. The zero-order valence-electron chi connectivity index (χ0n) is 15.8. The molecule has 1 amide bonds. The van der Waals surface area contributed by atoms with E-state index in [9.17, 15) is 9.18 Å². The SMILES string of the molecule is C[C@H]1Cc2ccccc2N1C(=O)CN1CCN(Cc2ccccc2F)CC1. The predicted molar refractivity (Wildman–Crippen MR) is 105 cm³/mol. The van der Waals surface area contributed by atoms with Crippen molar-refractivity contribution in [1.29, 1.82) is 0 Å². The van der Waals surface area contributed by atoms with Crippen LogP contribution in [0.2, 0.25) is 0 Å². The number of rotatable bonds is 4. The Bertz CT molecular complexity index is 817. The van der Waals surface area contributed by atoms with Gasteiger partial charge in [-0.05, 0) is 31.0 Å². The molecule has 27 heavy (non-hydrogen) atoms. The van der Waals surface area contributed by atoms with Crippen LogP contribution in [-0.4, -0.2) is 54.5 Å². The van der Waals surface area contributed by atoms with Gasteiger partial charge < -0.3 is 4.90 Å². The Kier molecular flexibility index (Phi) is 5.23. The van der Waals surface area contributed by atoms with Gasteiger partial charge in [-0.2, -0.15) is 0 Å². The molecule has 0 unspecified atom stereocenters. The zero-order chi connectivity index (χ0) is 18.8. The smallest absolute Gasteiger partial charge is 0.241 e. The molecule has 0 spiro atoms. The van der Waals surface area contributed by atoms with E-state index in [0.717, 1.165) is 43.9 Å². The lowest BCUT2D eigenvalue weighted by Crippen LogP contribution is -2.50. The Morgan fingerprint density at radius 3 is 2.44 bits per heavy atom. The van der Waals surface area contributed by atoms with Gasteiger partial charge in [-0.3, -0.25) is 14.6 Å². The minimum atomic E-state index is -0.142. The Morgan fingerprint density at radius 2 is 1.67 bits per heavy atom. The van der Waals surface area contributed by atoms with Crippen LogP contribution in [0.4, 0.5) is 10.1 Å². The number of carbonyl (C=O) groups is 1. The molecule has 4 rings (SSSR count). The van der Waals surface area contributed by atoms with Gasteiger partial charge in [0.2, 0.25) is 5.91 Å². The third kappa shape index (κ3) is 3.89. The quantitative estimate of drug-likeness (QED) is 0.831. The van der Waals surface area contributed by atoms with Crippen molar-refractivity contribution in [2.24, 2.45) is 0 Å². The summed E-state index contributed by atoms with van der Waals surface area (Å²) in [4.78, 5) is 19.4. The van der Waals surface area contributed by atoms with Crippen LogP contribution >= 0.6 is 0 Å². The number of halogens is 1. The van der Waals surface area contributed by atoms with E-state index in [1.54, 1.807) is 6.07 Å². The number of carbonyl (C=O) groups excluding carboxylic acids is 1. The molecule has 2 aromatic carbocycles. The second-order valence-corrected chi connectivity index (χ2v) is 7.59. The summed E-state index contributed by atoms with van der Waals surface area (Å²) < 4.78 is 13.8. The molecule has 0 saturated carbocycles. The maximum absolute atomic E-state index is 13.8. The molecule has 5 heteroatoms. The highest BCUT2D eigenvalue weighted by Crippen LogP contribution is 2.31. The van der Waals surface area contributed by atoms with E-state index in [2.05, 4.69) is 22.8 Å². The second-order valence-electron chi connectivity index (χ2n) is 7.59. The molecule has 2 heterocycles. The Hall–Kier alpha value is -2.24. The largest absolute Gasteiger partial charge is 0.308 e. The summed E-state index contributed by atoms with van der Waals surface area (Å²) in [6, 6.07) is 15.4. The molecule has 2 aromatic rings. The van der Waals surface area contributed by atoms with Crippen molar-refractivity contribution >= 4 is 11.6 Å². The van der Waals surface area contributed by atoms with E-state index in [4.69, 9.17) is 0 Å². The number of nitrogens with zero attached hydrogens (tertiary/aromatic N) is 3. The van der Waals surface area contributed by atoms with Gasteiger partial charge in [0, 0.05) is 50.0 Å². The topological polar surface area (TPSA) is 26.8 Å². The highest BCUT2D eigenvalue weighted by Gasteiger charge is 2.31. The molecule has 4 nitrogen and oxygen atoms in total. The van der Waals surface area contributed by atoms with Crippen LogP contribution in [0, 0.1) is 5.82 Å². The molecule has 0 radical (unpaired) electrons. The molecule has 2 aliphatic heterocycles. The van der Waals surface area contributed by atoms with Crippen molar-refractivity contribution in [1.82, 2.24) is 9.80 Å². The average molecular weight is 367 g/mol. The molecule has 2 aliphatic rings. The third-order valence-corrected chi connectivity index (χ3v) is 5.65. The molecular formula is C22H26FN3O. The lowest BCUT2D eigenvalue weighted by molar-refractivity contribution is -0.120. The van der Waals surface area contributed by atoms with Crippen LogP contribution in [0.25, 0.3) is 0 Å². The van der Waals surface area contributed by atoms with Crippen molar-refractivity contribution in [2.45, 2.75) is 25.9 Å². The van der Waals surface area contributed by atoms with E-state index in [1.165, 1.54) is 11.6 Å². The van der Waals surface area contributed by atoms with Gasteiger partial charge >= 0.3 is 0 Å². The summed E-state index contributed by atoms with van der Waals surface area (Å²) in [5.41, 5.74) is 3.06. The van der Waals surface area contributed by atoms with E-state index in [-0.39, 0.29) is 17.8 Å². The zero-order valence-corrected chi connectivity index (χ0v) is 15.8. The fourth-order valence-electron chi connectivity index (χ4n) is 4.19. The highest BCUT2D eigenvalue weighted by atomic mass is 19.1. The first-order valence-electron chi connectivity index (χ1n) is 9.70. The summed E-state index contributed by atoms with van der Waals surface area (Å²) in [7, 11) is 0. The number of hydrogen-bond acceptors (Lipinski definition) is 3. The molecule has 1 saturated heterocycles. The number of anilines is 1. The molecule has 0 aliphatic carbocycles. The van der Waals surface area contributed by atoms with Crippen LogP contribution in [0.15, 0.2) is 48.5 Å². The van der Waals surface area contributed by atoms with Gasteiger partial charge in [-0.25, -0.2) is 4.39 Å². The number of amides is 1. The maximum Gasteiger partial charge on any atom is 0.241 e. The Morgan fingerprint density at radius 1 is 1.00 bits per heavy atom. The average Bonchev–Trinajstić information content (AvgIpc) is 3.01. The number of benzene rings is 2. The summed E-state index contributed by atoms with van der Waals surface area (Å²) in [5.74, 6) is 0.0341. The fourth-order valence-corrected chi connectivity index (χ4v) is 4.19. The van der Waals surface area contributed by atoms with Crippen LogP contribution < -0.4 is 4.90 Å². The number of hydrogen-bond donors (Lipinski definition) is 0. The van der Waals surface area contributed by atoms with E-state index in [0.29, 0.717) is 13.1 Å². The summed E-state index contributed by atoms with van der Waals surface area (Å²) in [5, 5.41) is 0. The first kappa shape index (κ1) is 18.1. The number of fused-ring (bicyclic) bond motifs is 1. The van der Waals surface area contributed by atoms with Gasteiger partial charge in [0.1, 0.15) is 5.82 Å². The molecule has 1 fully saturated rings. The number of para-hydroxylation sites is 1. The van der Waals surface area contributed by atoms with Gasteiger partial charge in [0.25, 0.3) is 0 Å². The van der Waals surface area contributed by atoms with Crippen molar-refractivity contribution in [3.63, 3.8) is 0 Å². The molecule has 0 N–H and O–H groups in total.